The van der Waals surface area contributed by atoms with E-state index in [-0.39, 0.29) is 11.9 Å². The number of carboxylic acids is 1. The van der Waals surface area contributed by atoms with E-state index >= 15 is 0 Å². The van der Waals surface area contributed by atoms with Crippen LogP contribution in [0.3, 0.4) is 0 Å². The molecule has 0 radical (unpaired) electrons. The third kappa shape index (κ3) is 2.34. The number of aliphatic carboxylic acids is 1. The van der Waals surface area contributed by atoms with Crippen molar-refractivity contribution in [2.75, 3.05) is 5.32 Å². The molecule has 0 saturated heterocycles. The van der Waals surface area contributed by atoms with Gasteiger partial charge in [-0.25, -0.2) is 0 Å². The number of carbonyl (C=O) groups is 2. The lowest BCUT2D eigenvalue weighted by atomic mass is 10.1. The summed E-state index contributed by atoms with van der Waals surface area (Å²) in [7, 11) is 0. The lowest BCUT2D eigenvalue weighted by Crippen LogP contribution is -2.18. The number of hydrogen-bond donors (Lipinski definition) is 3. The molecule has 7 heteroatoms. The van der Waals surface area contributed by atoms with Crippen LogP contribution in [0.5, 0.6) is 0 Å². The number of rotatable bonds is 4. The minimum Gasteiger partial charge on any atom is -0.481 e. The third-order valence-electron chi connectivity index (χ3n) is 4.14. The van der Waals surface area contributed by atoms with Crippen molar-refractivity contribution < 1.29 is 14.7 Å². The van der Waals surface area contributed by atoms with Gasteiger partial charge >= 0.3 is 5.97 Å². The van der Waals surface area contributed by atoms with Crippen LogP contribution in [0.15, 0.2) is 30.3 Å². The summed E-state index contributed by atoms with van der Waals surface area (Å²) in [5, 5.41) is 18.4. The molecule has 2 aromatic rings. The van der Waals surface area contributed by atoms with Crippen molar-refractivity contribution in [2.24, 2.45) is 17.3 Å². The lowest BCUT2D eigenvalue weighted by Gasteiger charge is -2.01. The first-order chi connectivity index (χ1) is 10.4. The number of H-pyrrole nitrogens is 1. The SMILES string of the molecule is CC1(C)C(C(=O)O)C1C(=O)Nc1n[nH]c(-c2ccccc2)n1. The minimum atomic E-state index is -0.954. The van der Waals surface area contributed by atoms with Gasteiger partial charge in [-0.3, -0.25) is 20.0 Å². The van der Waals surface area contributed by atoms with E-state index in [1.807, 2.05) is 30.3 Å². The number of anilines is 1. The molecule has 1 amide bonds. The van der Waals surface area contributed by atoms with Crippen LogP contribution in [-0.4, -0.2) is 32.2 Å². The number of aromatic nitrogens is 3. The quantitative estimate of drug-likeness (QED) is 0.797. The molecule has 22 heavy (non-hydrogen) atoms. The average molecular weight is 300 g/mol. The van der Waals surface area contributed by atoms with Crippen molar-refractivity contribution in [3.05, 3.63) is 30.3 Å². The van der Waals surface area contributed by atoms with E-state index in [1.54, 1.807) is 13.8 Å². The second-order valence-electron chi connectivity index (χ2n) is 5.98. The van der Waals surface area contributed by atoms with Crippen molar-refractivity contribution in [1.29, 1.82) is 0 Å². The van der Waals surface area contributed by atoms with Crippen LogP contribution in [-0.2, 0) is 9.59 Å². The van der Waals surface area contributed by atoms with Gasteiger partial charge in [0.05, 0.1) is 11.8 Å². The van der Waals surface area contributed by atoms with Crippen LogP contribution < -0.4 is 5.32 Å². The summed E-state index contributed by atoms with van der Waals surface area (Å²) in [6.07, 6.45) is 0. The fourth-order valence-corrected chi connectivity index (χ4v) is 2.82. The summed E-state index contributed by atoms with van der Waals surface area (Å²) in [5.41, 5.74) is 0.305. The molecule has 1 saturated carbocycles. The first-order valence-electron chi connectivity index (χ1n) is 6.92. The van der Waals surface area contributed by atoms with Crippen LogP contribution in [0.1, 0.15) is 13.8 Å². The maximum atomic E-state index is 12.2. The number of aromatic amines is 1. The molecule has 0 spiro atoms. The summed E-state index contributed by atoms with van der Waals surface area (Å²) < 4.78 is 0. The van der Waals surface area contributed by atoms with Gasteiger partial charge in [0.2, 0.25) is 11.9 Å². The Labute approximate surface area is 126 Å². The Bertz CT molecular complexity index is 723. The number of hydrogen-bond acceptors (Lipinski definition) is 4. The predicted octanol–water partition coefficient (Wildman–Crippen LogP) is 1.77. The molecule has 3 rings (SSSR count). The van der Waals surface area contributed by atoms with Crippen LogP contribution >= 0.6 is 0 Å². The Balaban J connectivity index is 1.71. The van der Waals surface area contributed by atoms with Crippen LogP contribution in [0.25, 0.3) is 11.4 Å². The normalized spacial score (nSPS) is 22.1. The van der Waals surface area contributed by atoms with Crippen molar-refractivity contribution >= 4 is 17.8 Å². The van der Waals surface area contributed by atoms with E-state index in [0.717, 1.165) is 5.56 Å². The van der Waals surface area contributed by atoms with Crippen LogP contribution in [0.4, 0.5) is 5.95 Å². The van der Waals surface area contributed by atoms with Crippen molar-refractivity contribution in [3.8, 4) is 11.4 Å². The lowest BCUT2D eigenvalue weighted by molar-refractivity contribution is -0.140. The summed E-state index contributed by atoms with van der Waals surface area (Å²) in [5.74, 6) is -1.86. The Kier molecular flexibility index (Phi) is 3.20. The van der Waals surface area contributed by atoms with E-state index in [0.29, 0.717) is 5.82 Å². The van der Waals surface area contributed by atoms with Gasteiger partial charge in [-0.1, -0.05) is 44.2 Å². The minimum absolute atomic E-state index is 0.149. The zero-order chi connectivity index (χ0) is 15.9. The molecule has 7 nitrogen and oxygen atoms in total. The first-order valence-corrected chi connectivity index (χ1v) is 6.92. The van der Waals surface area contributed by atoms with Gasteiger partial charge in [0.1, 0.15) is 0 Å². The van der Waals surface area contributed by atoms with Gasteiger partial charge in [-0.05, 0) is 5.41 Å². The fraction of sp³-hybridized carbons (Fsp3) is 0.333. The zero-order valence-corrected chi connectivity index (χ0v) is 12.2. The van der Waals surface area contributed by atoms with E-state index in [4.69, 9.17) is 5.11 Å². The second-order valence-corrected chi connectivity index (χ2v) is 5.98. The Morgan fingerprint density at radius 2 is 1.91 bits per heavy atom. The highest BCUT2D eigenvalue weighted by molar-refractivity contribution is 5.98. The van der Waals surface area contributed by atoms with Gasteiger partial charge < -0.3 is 5.11 Å². The zero-order valence-electron chi connectivity index (χ0n) is 12.2. The molecule has 1 fully saturated rings. The monoisotopic (exact) mass is 300 g/mol. The standard InChI is InChI=1S/C15H16N4O3/c1-15(2)9(10(15)13(21)22)12(20)17-14-16-11(18-19-14)8-6-4-3-5-7-8/h3-7,9-10H,1-2H3,(H,21,22)(H2,16,17,18,19,20). The molecule has 1 aliphatic rings. The molecule has 2 atom stereocenters. The Hall–Kier alpha value is -2.70. The molecule has 3 N–H and O–H groups in total. The Morgan fingerprint density at radius 3 is 2.50 bits per heavy atom. The molecule has 2 unspecified atom stereocenters. The maximum absolute atomic E-state index is 12.2. The first kappa shape index (κ1) is 14.2. The molecular formula is C15H16N4O3. The fourth-order valence-electron chi connectivity index (χ4n) is 2.82. The highest BCUT2D eigenvalue weighted by Gasteiger charge is 2.66. The number of amides is 1. The second kappa shape index (κ2) is 4.94. The number of benzene rings is 1. The molecular weight excluding hydrogens is 284 g/mol. The number of carboxylic acid groups (broad SMARTS) is 1. The third-order valence-corrected chi connectivity index (χ3v) is 4.14. The topological polar surface area (TPSA) is 108 Å². The van der Waals surface area contributed by atoms with E-state index in [2.05, 4.69) is 20.5 Å². The number of carbonyl (C=O) groups excluding carboxylic acids is 1. The van der Waals surface area contributed by atoms with Gasteiger partial charge in [-0.2, -0.15) is 4.98 Å². The van der Waals surface area contributed by atoms with E-state index in [9.17, 15) is 9.59 Å². The molecule has 1 heterocycles. The summed E-state index contributed by atoms with van der Waals surface area (Å²) in [4.78, 5) is 27.5. The van der Waals surface area contributed by atoms with Crippen molar-refractivity contribution in [2.45, 2.75) is 13.8 Å². The highest BCUT2D eigenvalue weighted by Crippen LogP contribution is 2.58. The smallest absolute Gasteiger partial charge is 0.307 e. The van der Waals surface area contributed by atoms with E-state index in [1.165, 1.54) is 0 Å². The number of nitrogens with one attached hydrogen (secondary N) is 2. The van der Waals surface area contributed by atoms with Gasteiger partial charge in [0.15, 0.2) is 5.82 Å². The Morgan fingerprint density at radius 1 is 1.23 bits per heavy atom. The molecule has 0 bridgehead atoms. The summed E-state index contributed by atoms with van der Waals surface area (Å²) in [6.45, 7) is 3.53. The van der Waals surface area contributed by atoms with Gasteiger partial charge in [0.25, 0.3) is 0 Å². The molecule has 1 aliphatic carbocycles. The van der Waals surface area contributed by atoms with Gasteiger partial charge in [0, 0.05) is 5.56 Å². The van der Waals surface area contributed by atoms with E-state index < -0.39 is 23.2 Å². The average Bonchev–Trinajstić information content (AvgIpc) is 2.82. The van der Waals surface area contributed by atoms with Gasteiger partial charge in [-0.15, -0.1) is 5.10 Å². The largest absolute Gasteiger partial charge is 0.481 e. The summed E-state index contributed by atoms with van der Waals surface area (Å²) in [6, 6.07) is 9.39. The van der Waals surface area contributed by atoms with Crippen molar-refractivity contribution in [1.82, 2.24) is 15.2 Å². The maximum Gasteiger partial charge on any atom is 0.307 e. The van der Waals surface area contributed by atoms with Crippen LogP contribution in [0, 0.1) is 17.3 Å². The van der Waals surface area contributed by atoms with Crippen molar-refractivity contribution in [3.63, 3.8) is 0 Å². The summed E-state index contributed by atoms with van der Waals surface area (Å²) >= 11 is 0. The molecule has 1 aromatic heterocycles. The molecule has 114 valence electrons. The molecule has 1 aromatic carbocycles. The number of nitrogens with zero attached hydrogens (tertiary/aromatic N) is 2. The highest BCUT2D eigenvalue weighted by atomic mass is 16.4. The van der Waals surface area contributed by atoms with Crippen LogP contribution in [0.2, 0.25) is 0 Å². The molecule has 0 aliphatic heterocycles. The predicted molar refractivity (Wildman–Crippen MR) is 78.8 cm³/mol.